The fourth-order valence-corrected chi connectivity index (χ4v) is 2.49. The first-order valence-electron chi connectivity index (χ1n) is 6.39. The van der Waals surface area contributed by atoms with Gasteiger partial charge < -0.3 is 5.32 Å². The first-order valence-corrected chi connectivity index (χ1v) is 7.56. The molecule has 0 aliphatic rings. The predicted molar refractivity (Wildman–Crippen MR) is 87.5 cm³/mol. The highest BCUT2D eigenvalue weighted by molar-refractivity contribution is 9.10. The molecule has 1 atom stereocenters. The molecule has 21 heavy (non-hydrogen) atoms. The summed E-state index contributed by atoms with van der Waals surface area (Å²) >= 11 is 9.34. The van der Waals surface area contributed by atoms with Gasteiger partial charge in [-0.15, -0.1) is 0 Å². The summed E-state index contributed by atoms with van der Waals surface area (Å²) in [6.07, 6.45) is 0. The molecule has 2 rings (SSSR count). The van der Waals surface area contributed by atoms with Crippen molar-refractivity contribution in [2.24, 2.45) is 0 Å². The van der Waals surface area contributed by atoms with Crippen LogP contribution in [0.2, 0.25) is 5.02 Å². The van der Waals surface area contributed by atoms with E-state index < -0.39 is 0 Å². The predicted octanol–water partition coefficient (Wildman–Crippen LogP) is 4.86. The van der Waals surface area contributed by atoms with Crippen molar-refractivity contribution < 1.29 is 4.92 Å². The fourth-order valence-electron chi connectivity index (χ4n) is 1.95. The van der Waals surface area contributed by atoms with Gasteiger partial charge in [0, 0.05) is 29.2 Å². The van der Waals surface area contributed by atoms with E-state index in [9.17, 15) is 10.1 Å². The second-order valence-electron chi connectivity index (χ2n) is 4.70. The third-order valence-corrected chi connectivity index (χ3v) is 4.39. The number of halogens is 2. The average Bonchev–Trinajstić information content (AvgIpc) is 2.48. The summed E-state index contributed by atoms with van der Waals surface area (Å²) in [5, 5.41) is 14.8. The van der Waals surface area contributed by atoms with Gasteiger partial charge in [0.1, 0.15) is 0 Å². The van der Waals surface area contributed by atoms with Gasteiger partial charge in [-0.2, -0.15) is 0 Å². The molecule has 0 saturated heterocycles. The minimum absolute atomic E-state index is 0.0133. The van der Waals surface area contributed by atoms with Crippen LogP contribution >= 0.6 is 27.5 Å². The van der Waals surface area contributed by atoms with Gasteiger partial charge >= 0.3 is 0 Å². The Hall–Kier alpha value is -1.43. The lowest BCUT2D eigenvalue weighted by molar-refractivity contribution is -0.384. The van der Waals surface area contributed by atoms with E-state index in [0.29, 0.717) is 11.6 Å². The van der Waals surface area contributed by atoms with E-state index in [1.54, 1.807) is 12.1 Å². The number of non-ortho nitro benzene ring substituents is 1. The van der Waals surface area contributed by atoms with Crippen molar-refractivity contribution in [2.45, 2.75) is 19.5 Å². The maximum absolute atomic E-state index is 10.8. The highest BCUT2D eigenvalue weighted by Gasteiger charge is 2.10. The SMILES string of the molecule is CC(NCc1ccc(Cl)c(Br)c1)c1cccc([N+](=O)[O-])c1. The molecule has 2 aromatic carbocycles. The second-order valence-corrected chi connectivity index (χ2v) is 5.96. The molecule has 0 amide bonds. The second kappa shape index (κ2) is 7.02. The Morgan fingerprint density at radius 1 is 1.33 bits per heavy atom. The van der Waals surface area contributed by atoms with Crippen molar-refractivity contribution in [3.63, 3.8) is 0 Å². The summed E-state index contributed by atoms with van der Waals surface area (Å²) < 4.78 is 0.853. The molecule has 0 aliphatic carbocycles. The van der Waals surface area contributed by atoms with E-state index in [1.165, 1.54) is 6.07 Å². The van der Waals surface area contributed by atoms with Crippen molar-refractivity contribution in [3.8, 4) is 0 Å². The largest absolute Gasteiger partial charge is 0.306 e. The zero-order valence-electron chi connectivity index (χ0n) is 11.3. The van der Waals surface area contributed by atoms with Gasteiger partial charge in [-0.3, -0.25) is 10.1 Å². The molecule has 0 spiro atoms. The van der Waals surface area contributed by atoms with E-state index in [1.807, 2.05) is 31.2 Å². The number of nitro groups is 1. The lowest BCUT2D eigenvalue weighted by Crippen LogP contribution is -2.18. The Bertz CT molecular complexity index is 664. The average molecular weight is 370 g/mol. The molecule has 2 aromatic rings. The summed E-state index contributed by atoms with van der Waals surface area (Å²) in [6, 6.07) is 12.4. The van der Waals surface area contributed by atoms with Gasteiger partial charge in [0.25, 0.3) is 5.69 Å². The summed E-state index contributed by atoms with van der Waals surface area (Å²) in [6.45, 7) is 2.63. The van der Waals surface area contributed by atoms with Gasteiger partial charge in [-0.25, -0.2) is 0 Å². The van der Waals surface area contributed by atoms with Crippen LogP contribution in [-0.4, -0.2) is 4.92 Å². The minimum Gasteiger partial charge on any atom is -0.306 e. The maximum Gasteiger partial charge on any atom is 0.269 e. The van der Waals surface area contributed by atoms with Crippen molar-refractivity contribution in [1.82, 2.24) is 5.32 Å². The molecule has 0 heterocycles. The molecule has 110 valence electrons. The van der Waals surface area contributed by atoms with Gasteiger partial charge in [0.15, 0.2) is 0 Å². The summed E-state index contributed by atoms with van der Waals surface area (Å²) in [5.41, 5.74) is 2.08. The van der Waals surface area contributed by atoms with Crippen LogP contribution in [0.1, 0.15) is 24.1 Å². The Kier molecular flexibility index (Phi) is 5.33. The molecular weight excluding hydrogens is 356 g/mol. The van der Waals surface area contributed by atoms with Crippen molar-refractivity contribution in [1.29, 1.82) is 0 Å². The maximum atomic E-state index is 10.8. The molecule has 6 heteroatoms. The molecule has 0 aliphatic heterocycles. The van der Waals surface area contributed by atoms with Crippen LogP contribution in [0.25, 0.3) is 0 Å². The molecule has 0 radical (unpaired) electrons. The standard InChI is InChI=1S/C15H14BrClN2O2/c1-10(12-3-2-4-13(8-12)19(20)21)18-9-11-5-6-15(17)14(16)7-11/h2-8,10,18H,9H2,1H3. The third kappa shape index (κ3) is 4.27. The van der Waals surface area contributed by atoms with Crippen LogP contribution in [0.15, 0.2) is 46.9 Å². The molecule has 0 bridgehead atoms. The number of nitrogens with one attached hydrogen (secondary N) is 1. The van der Waals surface area contributed by atoms with E-state index >= 15 is 0 Å². The van der Waals surface area contributed by atoms with Crippen LogP contribution in [0.3, 0.4) is 0 Å². The molecule has 0 aromatic heterocycles. The number of hydrogen-bond acceptors (Lipinski definition) is 3. The van der Waals surface area contributed by atoms with Gasteiger partial charge in [-0.05, 0) is 46.1 Å². The van der Waals surface area contributed by atoms with Gasteiger partial charge in [0.05, 0.1) is 9.95 Å². The van der Waals surface area contributed by atoms with Crippen molar-refractivity contribution in [2.75, 3.05) is 0 Å². The first-order chi connectivity index (χ1) is 9.97. The zero-order valence-corrected chi connectivity index (χ0v) is 13.7. The van der Waals surface area contributed by atoms with Crippen molar-refractivity contribution >= 4 is 33.2 Å². The number of nitro benzene ring substituents is 1. The highest BCUT2D eigenvalue weighted by atomic mass is 79.9. The smallest absolute Gasteiger partial charge is 0.269 e. The van der Waals surface area contributed by atoms with Gasteiger partial charge in [0.2, 0.25) is 0 Å². The summed E-state index contributed by atoms with van der Waals surface area (Å²) in [5.74, 6) is 0. The quantitative estimate of drug-likeness (QED) is 0.605. The van der Waals surface area contributed by atoms with Crippen LogP contribution < -0.4 is 5.32 Å². The van der Waals surface area contributed by atoms with E-state index in [2.05, 4.69) is 21.2 Å². The zero-order chi connectivity index (χ0) is 15.4. The Balaban J connectivity index is 2.04. The van der Waals surface area contributed by atoms with E-state index in [-0.39, 0.29) is 16.7 Å². The topological polar surface area (TPSA) is 55.2 Å². The fraction of sp³-hybridized carbons (Fsp3) is 0.200. The third-order valence-electron chi connectivity index (χ3n) is 3.18. The van der Waals surface area contributed by atoms with E-state index in [4.69, 9.17) is 11.6 Å². The van der Waals surface area contributed by atoms with Crippen LogP contribution in [0.4, 0.5) is 5.69 Å². The molecule has 1 unspecified atom stereocenters. The summed E-state index contributed by atoms with van der Waals surface area (Å²) in [7, 11) is 0. The number of benzene rings is 2. The number of hydrogen-bond donors (Lipinski definition) is 1. The van der Waals surface area contributed by atoms with Crippen molar-refractivity contribution in [3.05, 3.63) is 73.2 Å². The monoisotopic (exact) mass is 368 g/mol. The molecule has 0 fully saturated rings. The summed E-state index contributed by atoms with van der Waals surface area (Å²) in [4.78, 5) is 10.4. The number of nitrogens with zero attached hydrogens (tertiary/aromatic N) is 1. The van der Waals surface area contributed by atoms with Gasteiger partial charge in [-0.1, -0.05) is 29.8 Å². The molecule has 4 nitrogen and oxygen atoms in total. The highest BCUT2D eigenvalue weighted by Crippen LogP contribution is 2.24. The molecule has 0 saturated carbocycles. The molecule has 1 N–H and O–H groups in total. The lowest BCUT2D eigenvalue weighted by atomic mass is 10.1. The van der Waals surface area contributed by atoms with E-state index in [0.717, 1.165) is 15.6 Å². The lowest BCUT2D eigenvalue weighted by Gasteiger charge is -2.14. The number of rotatable bonds is 5. The first kappa shape index (κ1) is 15.9. The van der Waals surface area contributed by atoms with Crippen LogP contribution in [-0.2, 0) is 6.54 Å². The van der Waals surface area contributed by atoms with Crippen LogP contribution in [0.5, 0.6) is 0 Å². The Labute approximate surface area is 136 Å². The molecular formula is C15H14BrClN2O2. The Morgan fingerprint density at radius 3 is 2.76 bits per heavy atom. The Morgan fingerprint density at radius 2 is 2.10 bits per heavy atom. The minimum atomic E-state index is -0.382. The normalized spacial score (nSPS) is 12.1. The van der Waals surface area contributed by atoms with Crippen LogP contribution in [0, 0.1) is 10.1 Å².